The van der Waals surface area contributed by atoms with Crippen LogP contribution < -0.4 is 16.0 Å². The topological polar surface area (TPSA) is 90.8 Å². The summed E-state index contributed by atoms with van der Waals surface area (Å²) >= 11 is 0. The van der Waals surface area contributed by atoms with E-state index in [4.69, 9.17) is 5.73 Å². The van der Waals surface area contributed by atoms with Crippen LogP contribution in [0.3, 0.4) is 0 Å². The molecule has 0 saturated heterocycles. The second-order valence-corrected chi connectivity index (χ2v) is 9.50. The number of hydrogen-bond donors (Lipinski definition) is 2. The number of primary amides is 1. The fourth-order valence-electron chi connectivity index (χ4n) is 4.93. The number of fused-ring (bicyclic) bond motifs is 1. The molecule has 2 amide bonds. The van der Waals surface area contributed by atoms with Gasteiger partial charge in [0.1, 0.15) is 5.84 Å². The first-order valence-electron chi connectivity index (χ1n) is 12.5. The second kappa shape index (κ2) is 10.3. The molecular formula is C31H30N5O2+. The lowest BCUT2D eigenvalue weighted by Crippen LogP contribution is -2.38. The van der Waals surface area contributed by atoms with Crippen LogP contribution in [0.1, 0.15) is 39.9 Å². The highest BCUT2D eigenvalue weighted by Crippen LogP contribution is 2.27. The number of carbonyl (C=O) groups excluding carboxylic acids is 2. The first kappa shape index (κ1) is 24.9. The molecule has 38 heavy (non-hydrogen) atoms. The Balaban J connectivity index is 1.30. The van der Waals surface area contributed by atoms with Gasteiger partial charge in [0.05, 0.1) is 0 Å². The summed E-state index contributed by atoms with van der Waals surface area (Å²) in [5, 5.41) is 3.30. The fourth-order valence-corrected chi connectivity index (χ4v) is 4.93. The van der Waals surface area contributed by atoms with Crippen LogP contribution in [-0.4, -0.2) is 41.5 Å². The Morgan fingerprint density at radius 1 is 1.18 bits per heavy atom. The fraction of sp³-hybridized carbons (Fsp3) is 0.161. The maximum atomic E-state index is 13.2. The first-order chi connectivity index (χ1) is 18.3. The van der Waals surface area contributed by atoms with E-state index in [0.29, 0.717) is 34.7 Å². The SMILES string of the molecule is C=C(Cc1cccc(N(C)C(=O)C2=C[N+]3=C2CCC=CC3)c1)NC1=NC=CC(=C)c2c(C(N)=O)cccc21. The van der Waals surface area contributed by atoms with Crippen molar-refractivity contribution in [3.05, 3.63) is 120 Å². The number of hydrogen-bond acceptors (Lipinski definition) is 4. The molecule has 2 aromatic rings. The minimum atomic E-state index is -0.522. The van der Waals surface area contributed by atoms with Crippen molar-refractivity contribution in [2.75, 3.05) is 18.5 Å². The summed E-state index contributed by atoms with van der Waals surface area (Å²) in [6.45, 7) is 9.10. The molecule has 0 spiro atoms. The standard InChI is InChI=1S/C31H29N5O2/c1-20-14-15-33-30(25-12-8-11-24(28(20)25)29(32)37)34-21(2)17-22-9-7-10-23(18-22)35(3)31(38)26-19-36-16-6-4-5-13-27(26)36/h4,6-12,14-15,18-19H,1-2,5,13,16-17H2,3H3,(H2-,32,33,34,37)/p+1. The molecule has 7 nitrogen and oxygen atoms in total. The molecule has 3 aliphatic rings. The number of aliphatic imine (C=N–C) groups is 1. The average molecular weight is 505 g/mol. The number of amides is 2. The molecule has 2 aromatic carbocycles. The van der Waals surface area contributed by atoms with E-state index in [1.165, 1.54) is 0 Å². The zero-order valence-corrected chi connectivity index (χ0v) is 21.4. The van der Waals surface area contributed by atoms with Crippen molar-refractivity contribution >= 4 is 34.6 Å². The molecule has 3 N–H and O–H groups in total. The maximum Gasteiger partial charge on any atom is 0.270 e. The number of nitrogens with two attached hydrogens (primary N) is 1. The average Bonchev–Trinajstić information content (AvgIpc) is 3.17. The lowest BCUT2D eigenvalue weighted by molar-refractivity contribution is -0.457. The van der Waals surface area contributed by atoms with Crippen LogP contribution in [0.15, 0.2) is 103 Å². The van der Waals surface area contributed by atoms with Crippen molar-refractivity contribution in [3.8, 4) is 0 Å². The van der Waals surface area contributed by atoms with Crippen molar-refractivity contribution in [3.63, 3.8) is 0 Å². The molecule has 0 bridgehead atoms. The number of allylic oxidation sites excluding steroid dienone is 4. The van der Waals surface area contributed by atoms with Gasteiger partial charge < -0.3 is 16.0 Å². The molecule has 0 aromatic heterocycles. The van der Waals surface area contributed by atoms with Gasteiger partial charge in [0, 0.05) is 54.2 Å². The van der Waals surface area contributed by atoms with Gasteiger partial charge in [-0.05, 0) is 47.9 Å². The van der Waals surface area contributed by atoms with Crippen LogP contribution in [0.25, 0.3) is 5.57 Å². The molecule has 3 heterocycles. The van der Waals surface area contributed by atoms with Gasteiger partial charge in [0.25, 0.3) is 5.91 Å². The third-order valence-corrected chi connectivity index (χ3v) is 6.89. The molecular weight excluding hydrogens is 474 g/mol. The summed E-state index contributed by atoms with van der Waals surface area (Å²) in [5.74, 6) is 0.0308. The summed E-state index contributed by atoms with van der Waals surface area (Å²) in [6.07, 6.45) is 12.0. The molecule has 0 atom stereocenters. The van der Waals surface area contributed by atoms with Gasteiger partial charge in [-0.2, -0.15) is 4.58 Å². The minimum Gasteiger partial charge on any atom is -0.366 e. The largest absolute Gasteiger partial charge is 0.366 e. The highest BCUT2D eigenvalue weighted by molar-refractivity contribution is 6.26. The normalized spacial score (nSPS) is 15.8. The van der Waals surface area contributed by atoms with Gasteiger partial charge in [-0.3, -0.25) is 9.59 Å². The third-order valence-electron chi connectivity index (χ3n) is 6.89. The first-order valence-corrected chi connectivity index (χ1v) is 12.5. The van der Waals surface area contributed by atoms with Gasteiger partial charge in [-0.15, -0.1) is 0 Å². The predicted molar refractivity (Wildman–Crippen MR) is 152 cm³/mol. The smallest absolute Gasteiger partial charge is 0.270 e. The van der Waals surface area contributed by atoms with E-state index < -0.39 is 5.91 Å². The Labute approximate surface area is 222 Å². The highest BCUT2D eigenvalue weighted by Gasteiger charge is 2.36. The van der Waals surface area contributed by atoms with Crippen LogP contribution in [-0.2, 0) is 11.2 Å². The van der Waals surface area contributed by atoms with Gasteiger partial charge in [0.2, 0.25) is 11.6 Å². The molecule has 3 aliphatic heterocycles. The quantitative estimate of drug-likeness (QED) is 0.459. The van der Waals surface area contributed by atoms with Gasteiger partial charge >= 0.3 is 0 Å². The molecule has 0 saturated carbocycles. The lowest BCUT2D eigenvalue weighted by Gasteiger charge is -2.22. The van der Waals surface area contributed by atoms with Crippen molar-refractivity contribution in [1.82, 2.24) is 5.32 Å². The summed E-state index contributed by atoms with van der Waals surface area (Å²) in [7, 11) is 1.81. The number of carbonyl (C=O) groups is 2. The number of anilines is 1. The number of nitrogens with one attached hydrogen (secondary N) is 1. The summed E-state index contributed by atoms with van der Waals surface area (Å²) < 4.78 is 2.14. The van der Waals surface area contributed by atoms with E-state index in [0.717, 1.165) is 47.5 Å². The summed E-state index contributed by atoms with van der Waals surface area (Å²) in [6, 6.07) is 13.2. The van der Waals surface area contributed by atoms with E-state index in [1.807, 2.05) is 36.5 Å². The Hall–Kier alpha value is -4.78. The molecule has 0 unspecified atom stereocenters. The Morgan fingerprint density at radius 3 is 2.82 bits per heavy atom. The van der Waals surface area contributed by atoms with E-state index in [-0.39, 0.29) is 5.91 Å². The van der Waals surface area contributed by atoms with Crippen LogP contribution in [0, 0.1) is 0 Å². The van der Waals surface area contributed by atoms with Crippen LogP contribution in [0.5, 0.6) is 0 Å². The van der Waals surface area contributed by atoms with Crippen molar-refractivity contribution < 1.29 is 14.2 Å². The highest BCUT2D eigenvalue weighted by atomic mass is 16.2. The van der Waals surface area contributed by atoms with Gasteiger partial charge in [0.15, 0.2) is 18.3 Å². The molecule has 5 rings (SSSR count). The zero-order chi connectivity index (χ0) is 26.8. The Bertz CT molecular complexity index is 1540. The number of amidine groups is 1. The lowest BCUT2D eigenvalue weighted by atomic mass is 9.94. The van der Waals surface area contributed by atoms with E-state index in [2.05, 4.69) is 40.2 Å². The minimum absolute atomic E-state index is 0.00561. The molecule has 0 radical (unpaired) electrons. The second-order valence-electron chi connectivity index (χ2n) is 9.50. The predicted octanol–water partition coefficient (Wildman–Crippen LogP) is 4.08. The molecule has 7 heteroatoms. The number of benzene rings is 2. The van der Waals surface area contributed by atoms with Crippen molar-refractivity contribution in [1.29, 1.82) is 0 Å². The van der Waals surface area contributed by atoms with Crippen molar-refractivity contribution in [2.45, 2.75) is 19.3 Å². The van der Waals surface area contributed by atoms with E-state index >= 15 is 0 Å². The Morgan fingerprint density at radius 2 is 2.00 bits per heavy atom. The molecule has 190 valence electrons. The molecule has 0 fully saturated rings. The molecule has 0 aliphatic carbocycles. The van der Waals surface area contributed by atoms with Crippen LogP contribution >= 0.6 is 0 Å². The van der Waals surface area contributed by atoms with Crippen LogP contribution in [0.2, 0.25) is 0 Å². The van der Waals surface area contributed by atoms with E-state index in [1.54, 1.807) is 36.4 Å². The zero-order valence-electron chi connectivity index (χ0n) is 21.4. The Kier molecular flexibility index (Phi) is 6.75. The third kappa shape index (κ3) is 4.78. The van der Waals surface area contributed by atoms with Gasteiger partial charge in [-0.1, -0.05) is 43.5 Å². The van der Waals surface area contributed by atoms with E-state index in [9.17, 15) is 9.59 Å². The number of nitrogens with zero attached hydrogens (tertiary/aromatic N) is 3. The number of likely N-dealkylation sites (N-methyl/N-ethyl adjacent to an activating group) is 1. The monoisotopic (exact) mass is 504 g/mol. The summed E-state index contributed by atoms with van der Waals surface area (Å²) in [4.78, 5) is 31.5. The maximum absolute atomic E-state index is 13.2. The van der Waals surface area contributed by atoms with Crippen LogP contribution in [0.4, 0.5) is 5.69 Å². The van der Waals surface area contributed by atoms with Crippen molar-refractivity contribution in [2.24, 2.45) is 10.7 Å². The summed E-state index contributed by atoms with van der Waals surface area (Å²) in [5.41, 5.74) is 12.5. The van der Waals surface area contributed by atoms with Gasteiger partial charge in [-0.25, -0.2) is 4.99 Å². The number of rotatable bonds is 6.